The topological polar surface area (TPSA) is 81.7 Å². The van der Waals surface area contributed by atoms with Crippen LogP contribution in [-0.2, 0) is 19.1 Å². The molecule has 0 heterocycles. The number of ether oxygens (including phenoxy) is 2. The molecule has 0 unspecified atom stereocenters. The van der Waals surface area contributed by atoms with Crippen LogP contribution in [0, 0.1) is 0 Å². The van der Waals surface area contributed by atoms with Crippen molar-refractivity contribution in [2.75, 3.05) is 6.61 Å². The number of nitrogens with one attached hydrogen (secondary N) is 1. The molecule has 0 rings (SSSR count). The third kappa shape index (κ3) is 7.65. The molecular formula is C12H21NO5. The summed E-state index contributed by atoms with van der Waals surface area (Å²) in [6.45, 7) is 8.30. The van der Waals surface area contributed by atoms with Gasteiger partial charge in [-0.3, -0.25) is 4.79 Å². The Morgan fingerprint density at radius 2 is 1.78 bits per heavy atom. The summed E-state index contributed by atoms with van der Waals surface area (Å²) in [4.78, 5) is 34.1. The fraction of sp³-hybridized carbons (Fsp3) is 0.750. The van der Waals surface area contributed by atoms with Crippen molar-refractivity contribution in [1.29, 1.82) is 0 Å². The maximum Gasteiger partial charge on any atom is 0.407 e. The number of rotatable bonds is 5. The van der Waals surface area contributed by atoms with E-state index in [0.29, 0.717) is 0 Å². The van der Waals surface area contributed by atoms with Gasteiger partial charge in [-0.2, -0.15) is 0 Å². The van der Waals surface area contributed by atoms with Crippen LogP contribution >= 0.6 is 0 Å². The monoisotopic (exact) mass is 259 g/mol. The molecule has 0 aromatic heterocycles. The molecule has 18 heavy (non-hydrogen) atoms. The quantitative estimate of drug-likeness (QED) is 0.755. The lowest BCUT2D eigenvalue weighted by Crippen LogP contribution is -2.45. The lowest BCUT2D eigenvalue weighted by atomic mass is 10.1. The van der Waals surface area contributed by atoms with Crippen LogP contribution in [0.3, 0.4) is 0 Å². The second kappa shape index (κ2) is 6.98. The van der Waals surface area contributed by atoms with E-state index in [4.69, 9.17) is 4.74 Å². The molecule has 0 aromatic rings. The minimum atomic E-state index is -1.01. The second-order valence-electron chi connectivity index (χ2n) is 4.86. The predicted molar refractivity (Wildman–Crippen MR) is 65.1 cm³/mol. The number of hydrogen-bond acceptors (Lipinski definition) is 5. The van der Waals surface area contributed by atoms with Crippen LogP contribution in [0.5, 0.6) is 0 Å². The maximum atomic E-state index is 11.8. The number of ketones is 1. The molecule has 0 aromatic carbocycles. The molecule has 0 radical (unpaired) electrons. The first-order chi connectivity index (χ1) is 8.15. The van der Waals surface area contributed by atoms with Crippen LogP contribution in [0.1, 0.15) is 41.0 Å². The highest BCUT2D eigenvalue weighted by Crippen LogP contribution is 2.10. The summed E-state index contributed by atoms with van der Waals surface area (Å²) in [6.07, 6.45) is -0.858. The Hall–Kier alpha value is -1.59. The van der Waals surface area contributed by atoms with Crippen molar-refractivity contribution in [2.45, 2.75) is 52.7 Å². The average Bonchev–Trinajstić information content (AvgIpc) is 2.13. The standard InChI is InChI=1S/C12H21NO5/c1-6-17-11(16)13-9(7-8(2)14)10(15)18-12(3,4)5/h9H,6-7H2,1-5H3,(H,13,16)/t9-/m0/s1. The fourth-order valence-corrected chi connectivity index (χ4v) is 1.17. The SMILES string of the molecule is CCOC(=O)N[C@@H](CC(C)=O)C(=O)OC(C)(C)C. The third-order valence-corrected chi connectivity index (χ3v) is 1.75. The largest absolute Gasteiger partial charge is 0.458 e. The number of amides is 1. The van der Waals surface area contributed by atoms with Gasteiger partial charge in [0.05, 0.1) is 6.61 Å². The first-order valence-electron chi connectivity index (χ1n) is 5.81. The summed E-state index contributed by atoms with van der Waals surface area (Å²) in [7, 11) is 0. The Kier molecular flexibility index (Phi) is 6.36. The lowest BCUT2D eigenvalue weighted by Gasteiger charge is -2.23. The number of carbonyl (C=O) groups is 3. The van der Waals surface area contributed by atoms with Gasteiger partial charge in [-0.15, -0.1) is 0 Å². The summed E-state index contributed by atoms with van der Waals surface area (Å²) < 4.78 is 9.78. The summed E-state index contributed by atoms with van der Waals surface area (Å²) in [5.41, 5.74) is -0.678. The highest BCUT2D eigenvalue weighted by Gasteiger charge is 2.28. The van der Waals surface area contributed by atoms with E-state index in [1.54, 1.807) is 27.7 Å². The Morgan fingerprint density at radius 1 is 1.22 bits per heavy atom. The zero-order valence-electron chi connectivity index (χ0n) is 11.5. The molecule has 0 aliphatic heterocycles. The van der Waals surface area contributed by atoms with Crippen molar-refractivity contribution in [2.24, 2.45) is 0 Å². The maximum absolute atomic E-state index is 11.8. The first kappa shape index (κ1) is 16.4. The molecule has 6 heteroatoms. The molecule has 0 fully saturated rings. The van der Waals surface area contributed by atoms with Crippen molar-refractivity contribution < 1.29 is 23.9 Å². The van der Waals surface area contributed by atoms with Crippen LogP contribution in [0.2, 0.25) is 0 Å². The fourth-order valence-electron chi connectivity index (χ4n) is 1.17. The van der Waals surface area contributed by atoms with E-state index in [2.05, 4.69) is 10.1 Å². The van der Waals surface area contributed by atoms with Gasteiger partial charge in [0, 0.05) is 6.42 Å². The summed E-state index contributed by atoms with van der Waals surface area (Å²) in [5, 5.41) is 2.32. The zero-order valence-corrected chi connectivity index (χ0v) is 11.5. The van der Waals surface area contributed by atoms with Gasteiger partial charge in [-0.05, 0) is 34.6 Å². The number of alkyl carbamates (subject to hydrolysis) is 1. The summed E-state index contributed by atoms with van der Waals surface area (Å²) >= 11 is 0. The second-order valence-corrected chi connectivity index (χ2v) is 4.86. The van der Waals surface area contributed by atoms with Gasteiger partial charge in [-0.1, -0.05) is 0 Å². The van der Waals surface area contributed by atoms with Gasteiger partial charge in [0.15, 0.2) is 0 Å². The van der Waals surface area contributed by atoms with Gasteiger partial charge in [0.25, 0.3) is 0 Å². The van der Waals surface area contributed by atoms with Gasteiger partial charge in [-0.25, -0.2) is 9.59 Å². The van der Waals surface area contributed by atoms with Gasteiger partial charge < -0.3 is 14.8 Å². The lowest BCUT2D eigenvalue weighted by molar-refractivity contribution is -0.158. The summed E-state index contributed by atoms with van der Waals surface area (Å²) in [5.74, 6) is -0.867. The van der Waals surface area contributed by atoms with Crippen molar-refractivity contribution in [3.63, 3.8) is 0 Å². The smallest absolute Gasteiger partial charge is 0.407 e. The minimum Gasteiger partial charge on any atom is -0.458 e. The third-order valence-electron chi connectivity index (χ3n) is 1.75. The Labute approximate surface area is 107 Å². The Balaban J connectivity index is 4.62. The molecule has 1 atom stereocenters. The van der Waals surface area contributed by atoms with E-state index in [9.17, 15) is 14.4 Å². The van der Waals surface area contributed by atoms with Crippen LogP contribution in [0.4, 0.5) is 4.79 Å². The number of carbonyl (C=O) groups excluding carboxylic acids is 3. The predicted octanol–water partition coefficient (Wildman–Crippen LogP) is 1.42. The van der Waals surface area contributed by atoms with Crippen LogP contribution in [0.25, 0.3) is 0 Å². The molecule has 0 bridgehead atoms. The summed E-state index contributed by atoms with van der Waals surface area (Å²) in [6, 6.07) is -1.01. The van der Waals surface area contributed by atoms with Gasteiger partial charge >= 0.3 is 12.1 Å². The molecule has 0 saturated heterocycles. The molecule has 1 N–H and O–H groups in total. The van der Waals surface area contributed by atoms with E-state index in [1.165, 1.54) is 6.92 Å². The van der Waals surface area contributed by atoms with Crippen molar-refractivity contribution >= 4 is 17.8 Å². The molecule has 6 nitrogen and oxygen atoms in total. The average molecular weight is 259 g/mol. The van der Waals surface area contributed by atoms with E-state index in [0.717, 1.165) is 0 Å². The number of Topliss-reactive ketones (excluding diaryl/α,β-unsaturated/α-hetero) is 1. The number of esters is 1. The molecule has 104 valence electrons. The highest BCUT2D eigenvalue weighted by atomic mass is 16.6. The van der Waals surface area contributed by atoms with Crippen LogP contribution in [-0.4, -0.2) is 36.1 Å². The highest BCUT2D eigenvalue weighted by molar-refractivity contribution is 5.88. The molecule has 0 aliphatic rings. The molecule has 0 saturated carbocycles. The molecule has 0 spiro atoms. The first-order valence-corrected chi connectivity index (χ1v) is 5.81. The Morgan fingerprint density at radius 3 is 2.17 bits per heavy atom. The van der Waals surface area contributed by atoms with Crippen molar-refractivity contribution in [3.8, 4) is 0 Å². The molecule has 1 amide bonds. The van der Waals surface area contributed by atoms with Crippen LogP contribution < -0.4 is 5.32 Å². The van der Waals surface area contributed by atoms with E-state index in [-0.39, 0.29) is 18.8 Å². The van der Waals surface area contributed by atoms with Crippen LogP contribution in [0.15, 0.2) is 0 Å². The van der Waals surface area contributed by atoms with Gasteiger partial charge in [0.2, 0.25) is 0 Å². The van der Waals surface area contributed by atoms with E-state index < -0.39 is 23.7 Å². The van der Waals surface area contributed by atoms with E-state index in [1.807, 2.05) is 0 Å². The normalized spacial score (nSPS) is 12.5. The zero-order chi connectivity index (χ0) is 14.3. The molecular weight excluding hydrogens is 238 g/mol. The van der Waals surface area contributed by atoms with Crippen molar-refractivity contribution in [3.05, 3.63) is 0 Å². The van der Waals surface area contributed by atoms with E-state index >= 15 is 0 Å². The van der Waals surface area contributed by atoms with Crippen molar-refractivity contribution in [1.82, 2.24) is 5.32 Å². The Bertz CT molecular complexity index is 319. The number of hydrogen-bond donors (Lipinski definition) is 1. The molecule has 0 aliphatic carbocycles. The minimum absolute atomic E-state index is 0.117. The van der Waals surface area contributed by atoms with Gasteiger partial charge in [0.1, 0.15) is 17.4 Å².